The van der Waals surface area contributed by atoms with Crippen molar-refractivity contribution in [2.45, 2.75) is 52.2 Å². The molecule has 1 aromatic carbocycles. The molecule has 1 unspecified atom stereocenters. The average molecular weight is 377 g/mol. The van der Waals surface area contributed by atoms with Gasteiger partial charge in [-0.15, -0.1) is 0 Å². The Morgan fingerprint density at radius 3 is 2.86 bits per heavy atom. The van der Waals surface area contributed by atoms with Crippen LogP contribution >= 0.6 is 0 Å². The Morgan fingerprint density at radius 1 is 1.14 bits per heavy atom. The molecule has 1 aliphatic rings. The van der Waals surface area contributed by atoms with Gasteiger partial charge in [0.2, 0.25) is 0 Å². The molecule has 4 rings (SSSR count). The molecule has 2 aromatic heterocycles. The van der Waals surface area contributed by atoms with Gasteiger partial charge in [0.15, 0.2) is 0 Å². The Morgan fingerprint density at radius 2 is 2.07 bits per heavy atom. The van der Waals surface area contributed by atoms with E-state index < -0.39 is 0 Å². The Labute approximate surface area is 168 Å². The molecule has 148 valence electrons. The minimum Gasteiger partial charge on any atom is -0.361 e. The highest BCUT2D eigenvalue weighted by atomic mass is 15.2. The SMILES string of the molecule is CCc1cccc2c(CN(Cc3cccnc3)CC3CCCN3CC)c[nH]c12. The number of likely N-dealkylation sites (N-methyl/N-ethyl adjacent to an activating group) is 1. The standard InChI is InChI=1S/C24H32N4/c1-3-20-9-5-11-23-21(15-26-24(20)23)17-27(16-19-8-6-12-25-14-19)18-22-10-7-13-28(22)4-2/h5-6,8-9,11-12,14-15,22,26H,3-4,7,10,13,16-18H2,1-2H3. The molecule has 0 radical (unpaired) electrons. The number of para-hydroxylation sites is 1. The smallest absolute Gasteiger partial charge is 0.0489 e. The van der Waals surface area contributed by atoms with Gasteiger partial charge in [0.25, 0.3) is 0 Å². The van der Waals surface area contributed by atoms with Crippen molar-refractivity contribution < 1.29 is 0 Å². The van der Waals surface area contributed by atoms with E-state index in [0.717, 1.165) is 32.6 Å². The Hall–Kier alpha value is -2.17. The van der Waals surface area contributed by atoms with Crippen LogP contribution in [0.25, 0.3) is 10.9 Å². The van der Waals surface area contributed by atoms with Crippen LogP contribution in [0, 0.1) is 0 Å². The molecule has 1 fully saturated rings. The lowest BCUT2D eigenvalue weighted by atomic mass is 10.1. The lowest BCUT2D eigenvalue weighted by Crippen LogP contribution is -2.39. The Bertz CT molecular complexity index is 886. The molecule has 1 atom stereocenters. The van der Waals surface area contributed by atoms with E-state index in [1.807, 2.05) is 18.5 Å². The summed E-state index contributed by atoms with van der Waals surface area (Å²) < 4.78 is 0. The van der Waals surface area contributed by atoms with Crippen molar-refractivity contribution in [3.63, 3.8) is 0 Å². The third-order valence-electron chi connectivity index (χ3n) is 6.17. The monoisotopic (exact) mass is 376 g/mol. The fraction of sp³-hybridized carbons (Fsp3) is 0.458. The minimum absolute atomic E-state index is 0.665. The van der Waals surface area contributed by atoms with E-state index in [9.17, 15) is 0 Å². The summed E-state index contributed by atoms with van der Waals surface area (Å²) in [5.74, 6) is 0. The normalized spacial score (nSPS) is 17.8. The van der Waals surface area contributed by atoms with Crippen LogP contribution in [0.5, 0.6) is 0 Å². The number of H-pyrrole nitrogens is 1. The fourth-order valence-corrected chi connectivity index (χ4v) is 4.69. The number of aromatic amines is 1. The second-order valence-corrected chi connectivity index (χ2v) is 7.96. The zero-order valence-corrected chi connectivity index (χ0v) is 17.2. The first-order chi connectivity index (χ1) is 13.8. The molecule has 0 spiro atoms. The number of aromatic nitrogens is 2. The zero-order chi connectivity index (χ0) is 19.3. The third kappa shape index (κ3) is 4.13. The van der Waals surface area contributed by atoms with Crippen LogP contribution in [-0.4, -0.2) is 45.4 Å². The van der Waals surface area contributed by atoms with E-state index >= 15 is 0 Å². The molecule has 1 saturated heterocycles. The van der Waals surface area contributed by atoms with Crippen molar-refractivity contribution in [2.24, 2.45) is 0 Å². The molecule has 1 N–H and O–H groups in total. The molecule has 4 heteroatoms. The Kier molecular flexibility index (Phi) is 6.08. The fourth-order valence-electron chi connectivity index (χ4n) is 4.69. The summed E-state index contributed by atoms with van der Waals surface area (Å²) in [5.41, 5.74) is 5.39. The van der Waals surface area contributed by atoms with Crippen molar-refractivity contribution in [3.8, 4) is 0 Å². The quantitative estimate of drug-likeness (QED) is 0.623. The van der Waals surface area contributed by atoms with Gasteiger partial charge in [0.1, 0.15) is 0 Å². The number of aryl methyl sites for hydroxylation is 1. The molecule has 3 aromatic rings. The second kappa shape index (κ2) is 8.89. The maximum Gasteiger partial charge on any atom is 0.0489 e. The molecular formula is C24H32N4. The molecule has 28 heavy (non-hydrogen) atoms. The third-order valence-corrected chi connectivity index (χ3v) is 6.17. The highest BCUT2D eigenvalue weighted by Gasteiger charge is 2.25. The molecule has 0 aliphatic carbocycles. The molecule has 4 nitrogen and oxygen atoms in total. The number of nitrogens with one attached hydrogen (secondary N) is 1. The summed E-state index contributed by atoms with van der Waals surface area (Å²) in [6.45, 7) is 9.94. The predicted molar refractivity (Wildman–Crippen MR) is 116 cm³/mol. The number of benzene rings is 1. The molecule has 0 saturated carbocycles. The number of nitrogens with zero attached hydrogens (tertiary/aromatic N) is 3. The molecular weight excluding hydrogens is 344 g/mol. The van der Waals surface area contributed by atoms with Gasteiger partial charge < -0.3 is 4.98 Å². The first-order valence-electron chi connectivity index (χ1n) is 10.7. The number of hydrogen-bond donors (Lipinski definition) is 1. The summed E-state index contributed by atoms with van der Waals surface area (Å²) in [5, 5.41) is 1.37. The van der Waals surface area contributed by atoms with Crippen molar-refractivity contribution in [1.82, 2.24) is 19.8 Å². The number of rotatable bonds is 8. The maximum atomic E-state index is 4.33. The number of hydrogen-bond acceptors (Lipinski definition) is 3. The van der Waals surface area contributed by atoms with Gasteiger partial charge in [-0.3, -0.25) is 14.8 Å². The van der Waals surface area contributed by atoms with Crippen LogP contribution in [0.2, 0.25) is 0 Å². The minimum atomic E-state index is 0.665. The topological polar surface area (TPSA) is 35.2 Å². The van der Waals surface area contributed by atoms with Crippen LogP contribution in [0.1, 0.15) is 43.4 Å². The van der Waals surface area contributed by atoms with Gasteiger partial charge in [-0.05, 0) is 55.1 Å². The summed E-state index contributed by atoms with van der Waals surface area (Å²) >= 11 is 0. The second-order valence-electron chi connectivity index (χ2n) is 7.96. The summed E-state index contributed by atoms with van der Waals surface area (Å²) in [6, 6.07) is 11.6. The highest BCUT2D eigenvalue weighted by molar-refractivity contribution is 5.86. The van der Waals surface area contributed by atoms with E-state index in [-0.39, 0.29) is 0 Å². The first-order valence-corrected chi connectivity index (χ1v) is 10.7. The average Bonchev–Trinajstić information content (AvgIpc) is 3.35. The number of fused-ring (bicyclic) bond motifs is 1. The lowest BCUT2D eigenvalue weighted by Gasteiger charge is -2.30. The summed E-state index contributed by atoms with van der Waals surface area (Å²) in [6.07, 6.45) is 9.77. The van der Waals surface area contributed by atoms with Crippen molar-refractivity contribution in [3.05, 3.63) is 65.6 Å². The van der Waals surface area contributed by atoms with Crippen molar-refractivity contribution in [2.75, 3.05) is 19.6 Å². The number of likely N-dealkylation sites (tertiary alicyclic amines) is 1. The summed E-state index contributed by atoms with van der Waals surface area (Å²) in [7, 11) is 0. The Balaban J connectivity index is 1.58. The van der Waals surface area contributed by atoms with Crippen LogP contribution in [-0.2, 0) is 19.5 Å². The van der Waals surface area contributed by atoms with Gasteiger partial charge in [0, 0.05) is 55.2 Å². The van der Waals surface area contributed by atoms with E-state index in [0.29, 0.717) is 6.04 Å². The zero-order valence-electron chi connectivity index (χ0n) is 17.2. The molecule has 3 heterocycles. The molecule has 0 bridgehead atoms. The molecule has 0 amide bonds. The first kappa shape index (κ1) is 19.2. The van der Waals surface area contributed by atoms with Gasteiger partial charge in [-0.1, -0.05) is 38.1 Å². The van der Waals surface area contributed by atoms with Crippen molar-refractivity contribution in [1.29, 1.82) is 0 Å². The van der Waals surface area contributed by atoms with Crippen LogP contribution < -0.4 is 0 Å². The lowest BCUT2D eigenvalue weighted by molar-refractivity contribution is 0.166. The predicted octanol–water partition coefficient (Wildman–Crippen LogP) is 4.61. The molecule has 1 aliphatic heterocycles. The largest absolute Gasteiger partial charge is 0.361 e. The van der Waals surface area contributed by atoms with Gasteiger partial charge >= 0.3 is 0 Å². The van der Waals surface area contributed by atoms with Crippen LogP contribution in [0.4, 0.5) is 0 Å². The van der Waals surface area contributed by atoms with Gasteiger partial charge in [-0.25, -0.2) is 0 Å². The van der Waals surface area contributed by atoms with Crippen molar-refractivity contribution >= 4 is 10.9 Å². The highest BCUT2D eigenvalue weighted by Crippen LogP contribution is 2.25. The summed E-state index contributed by atoms with van der Waals surface area (Å²) in [4.78, 5) is 13.1. The van der Waals surface area contributed by atoms with E-state index in [4.69, 9.17) is 0 Å². The van der Waals surface area contributed by atoms with Crippen LogP contribution in [0.15, 0.2) is 48.9 Å². The van der Waals surface area contributed by atoms with E-state index in [1.54, 1.807) is 0 Å². The maximum absolute atomic E-state index is 4.33. The van der Waals surface area contributed by atoms with E-state index in [1.165, 1.54) is 47.0 Å². The van der Waals surface area contributed by atoms with Crippen LogP contribution in [0.3, 0.4) is 0 Å². The van der Waals surface area contributed by atoms with E-state index in [2.05, 4.69) is 64.1 Å². The van der Waals surface area contributed by atoms with Gasteiger partial charge in [-0.2, -0.15) is 0 Å². The van der Waals surface area contributed by atoms with Gasteiger partial charge in [0.05, 0.1) is 0 Å². The number of pyridine rings is 1.